The predicted octanol–water partition coefficient (Wildman–Crippen LogP) is 2.34. The van der Waals surface area contributed by atoms with Gasteiger partial charge in [-0.3, -0.25) is 4.79 Å². The third-order valence-electron chi connectivity index (χ3n) is 2.96. The molecule has 0 aromatic heterocycles. The number of aryl methyl sites for hydroxylation is 1. The standard InChI is InChI=1S/C14H21NO2/c1-11-6-4-5-7-12(11)14(2,3)10-15-9-8-13(16)17/h4-7,15H,8-10H2,1-3H3,(H,16,17). The highest BCUT2D eigenvalue weighted by molar-refractivity contribution is 5.66. The molecule has 1 aromatic rings. The van der Waals surface area contributed by atoms with E-state index >= 15 is 0 Å². The molecule has 1 rings (SSSR count). The number of carboxylic acids is 1. The van der Waals surface area contributed by atoms with E-state index in [-0.39, 0.29) is 11.8 Å². The maximum absolute atomic E-state index is 10.4. The van der Waals surface area contributed by atoms with E-state index in [4.69, 9.17) is 5.11 Å². The molecule has 3 nitrogen and oxygen atoms in total. The van der Waals surface area contributed by atoms with Crippen LogP contribution in [-0.2, 0) is 10.2 Å². The molecular weight excluding hydrogens is 214 g/mol. The first kappa shape index (κ1) is 13.7. The van der Waals surface area contributed by atoms with E-state index in [2.05, 4.69) is 38.2 Å². The normalized spacial score (nSPS) is 11.5. The van der Waals surface area contributed by atoms with E-state index < -0.39 is 5.97 Å². The second-order valence-electron chi connectivity index (χ2n) is 5.02. The molecule has 0 heterocycles. The lowest BCUT2D eigenvalue weighted by molar-refractivity contribution is -0.136. The Morgan fingerprint density at radius 2 is 2.00 bits per heavy atom. The fourth-order valence-corrected chi connectivity index (χ4v) is 2.02. The van der Waals surface area contributed by atoms with E-state index in [0.717, 1.165) is 6.54 Å². The van der Waals surface area contributed by atoms with Crippen molar-refractivity contribution in [2.24, 2.45) is 0 Å². The molecule has 94 valence electrons. The largest absolute Gasteiger partial charge is 0.481 e. The summed E-state index contributed by atoms with van der Waals surface area (Å²) in [4.78, 5) is 10.4. The van der Waals surface area contributed by atoms with Crippen LogP contribution in [0, 0.1) is 6.92 Å². The van der Waals surface area contributed by atoms with Crippen molar-refractivity contribution in [2.75, 3.05) is 13.1 Å². The molecule has 2 N–H and O–H groups in total. The van der Waals surface area contributed by atoms with Crippen LogP contribution in [0.15, 0.2) is 24.3 Å². The molecule has 0 saturated carbocycles. The van der Waals surface area contributed by atoms with E-state index in [9.17, 15) is 4.79 Å². The molecule has 3 heteroatoms. The van der Waals surface area contributed by atoms with Crippen LogP contribution in [0.5, 0.6) is 0 Å². The van der Waals surface area contributed by atoms with Crippen molar-refractivity contribution >= 4 is 5.97 Å². The highest BCUT2D eigenvalue weighted by Crippen LogP contribution is 2.25. The van der Waals surface area contributed by atoms with E-state index in [1.165, 1.54) is 11.1 Å². The maximum Gasteiger partial charge on any atom is 0.304 e. The molecule has 0 fully saturated rings. The average Bonchev–Trinajstić information content (AvgIpc) is 2.24. The van der Waals surface area contributed by atoms with Crippen molar-refractivity contribution in [3.05, 3.63) is 35.4 Å². The zero-order chi connectivity index (χ0) is 12.9. The maximum atomic E-state index is 10.4. The Kier molecular flexibility index (Phi) is 4.70. The van der Waals surface area contributed by atoms with Gasteiger partial charge in [0, 0.05) is 18.5 Å². The van der Waals surface area contributed by atoms with E-state index in [1.54, 1.807) is 0 Å². The van der Waals surface area contributed by atoms with Gasteiger partial charge in [0.1, 0.15) is 0 Å². The lowest BCUT2D eigenvalue weighted by Gasteiger charge is -2.27. The average molecular weight is 235 g/mol. The summed E-state index contributed by atoms with van der Waals surface area (Å²) in [5.74, 6) is -0.758. The number of carboxylic acid groups (broad SMARTS) is 1. The van der Waals surface area contributed by atoms with Crippen molar-refractivity contribution in [3.63, 3.8) is 0 Å². The van der Waals surface area contributed by atoms with Crippen molar-refractivity contribution in [1.82, 2.24) is 5.32 Å². The van der Waals surface area contributed by atoms with Gasteiger partial charge in [-0.25, -0.2) is 0 Å². The van der Waals surface area contributed by atoms with Gasteiger partial charge in [0.2, 0.25) is 0 Å². The second-order valence-corrected chi connectivity index (χ2v) is 5.02. The number of hydrogen-bond donors (Lipinski definition) is 2. The number of rotatable bonds is 6. The van der Waals surface area contributed by atoms with Gasteiger partial charge in [-0.2, -0.15) is 0 Å². The highest BCUT2D eigenvalue weighted by atomic mass is 16.4. The van der Waals surface area contributed by atoms with Crippen molar-refractivity contribution in [2.45, 2.75) is 32.6 Å². The fraction of sp³-hybridized carbons (Fsp3) is 0.500. The van der Waals surface area contributed by atoms with E-state index in [0.29, 0.717) is 6.54 Å². The molecule has 0 unspecified atom stereocenters. The summed E-state index contributed by atoms with van der Waals surface area (Å²) in [6, 6.07) is 8.32. The Morgan fingerprint density at radius 3 is 2.59 bits per heavy atom. The van der Waals surface area contributed by atoms with Crippen LogP contribution in [-0.4, -0.2) is 24.2 Å². The lowest BCUT2D eigenvalue weighted by atomic mass is 9.82. The first-order valence-corrected chi connectivity index (χ1v) is 5.92. The minimum atomic E-state index is -0.758. The van der Waals surface area contributed by atoms with Gasteiger partial charge >= 0.3 is 5.97 Å². The Balaban J connectivity index is 2.57. The second kappa shape index (κ2) is 5.82. The molecule has 0 aliphatic heterocycles. The Morgan fingerprint density at radius 1 is 1.35 bits per heavy atom. The quantitative estimate of drug-likeness (QED) is 0.744. The fourth-order valence-electron chi connectivity index (χ4n) is 2.02. The molecule has 0 aliphatic carbocycles. The molecule has 17 heavy (non-hydrogen) atoms. The Labute approximate surface area is 103 Å². The monoisotopic (exact) mass is 235 g/mol. The van der Waals surface area contributed by atoms with Gasteiger partial charge < -0.3 is 10.4 Å². The van der Waals surface area contributed by atoms with Crippen molar-refractivity contribution in [3.8, 4) is 0 Å². The zero-order valence-electron chi connectivity index (χ0n) is 10.8. The van der Waals surface area contributed by atoms with Crippen LogP contribution in [0.4, 0.5) is 0 Å². The molecular formula is C14H21NO2. The topological polar surface area (TPSA) is 49.3 Å². The smallest absolute Gasteiger partial charge is 0.304 e. The van der Waals surface area contributed by atoms with Crippen molar-refractivity contribution in [1.29, 1.82) is 0 Å². The number of nitrogens with one attached hydrogen (secondary N) is 1. The van der Waals surface area contributed by atoms with Gasteiger partial charge in [0.15, 0.2) is 0 Å². The molecule has 0 bridgehead atoms. The summed E-state index contributed by atoms with van der Waals surface area (Å²) in [5.41, 5.74) is 2.60. The van der Waals surface area contributed by atoms with Gasteiger partial charge in [0.05, 0.1) is 6.42 Å². The number of aliphatic carboxylic acids is 1. The molecule has 0 atom stereocenters. The number of benzene rings is 1. The van der Waals surface area contributed by atoms with E-state index in [1.807, 2.05) is 12.1 Å². The van der Waals surface area contributed by atoms with Gasteiger partial charge in [-0.1, -0.05) is 38.1 Å². The summed E-state index contributed by atoms with van der Waals surface area (Å²) in [5, 5.41) is 11.8. The molecule has 0 saturated heterocycles. The van der Waals surface area contributed by atoms with Crippen LogP contribution < -0.4 is 5.32 Å². The Hall–Kier alpha value is -1.35. The summed E-state index contributed by atoms with van der Waals surface area (Å²) < 4.78 is 0. The van der Waals surface area contributed by atoms with Crippen LogP contribution in [0.25, 0.3) is 0 Å². The van der Waals surface area contributed by atoms with Gasteiger partial charge in [-0.05, 0) is 18.1 Å². The predicted molar refractivity (Wildman–Crippen MR) is 69.3 cm³/mol. The highest BCUT2D eigenvalue weighted by Gasteiger charge is 2.21. The molecule has 0 spiro atoms. The third kappa shape index (κ3) is 4.19. The zero-order valence-corrected chi connectivity index (χ0v) is 10.8. The van der Waals surface area contributed by atoms with Gasteiger partial charge in [-0.15, -0.1) is 0 Å². The van der Waals surface area contributed by atoms with Crippen molar-refractivity contribution < 1.29 is 9.90 Å². The SMILES string of the molecule is Cc1ccccc1C(C)(C)CNCCC(=O)O. The van der Waals surface area contributed by atoms with Crippen LogP contribution in [0.2, 0.25) is 0 Å². The van der Waals surface area contributed by atoms with Crippen LogP contribution in [0.3, 0.4) is 0 Å². The summed E-state index contributed by atoms with van der Waals surface area (Å²) in [6.45, 7) is 7.75. The first-order valence-electron chi connectivity index (χ1n) is 5.92. The number of carbonyl (C=O) groups is 1. The first-order chi connectivity index (χ1) is 7.93. The third-order valence-corrected chi connectivity index (χ3v) is 2.96. The molecule has 0 radical (unpaired) electrons. The summed E-state index contributed by atoms with van der Waals surface area (Å²) in [7, 11) is 0. The van der Waals surface area contributed by atoms with Crippen LogP contribution >= 0.6 is 0 Å². The number of hydrogen-bond acceptors (Lipinski definition) is 2. The minimum absolute atomic E-state index is 0.0177. The van der Waals surface area contributed by atoms with Gasteiger partial charge in [0.25, 0.3) is 0 Å². The summed E-state index contributed by atoms with van der Waals surface area (Å²) in [6.07, 6.45) is 0.170. The van der Waals surface area contributed by atoms with Crippen LogP contribution in [0.1, 0.15) is 31.4 Å². The molecule has 0 amide bonds. The Bertz CT molecular complexity index is 386. The lowest BCUT2D eigenvalue weighted by Crippen LogP contribution is -2.34. The molecule has 1 aromatic carbocycles. The minimum Gasteiger partial charge on any atom is -0.481 e. The summed E-state index contributed by atoms with van der Waals surface area (Å²) >= 11 is 0. The molecule has 0 aliphatic rings.